The predicted molar refractivity (Wildman–Crippen MR) is 108 cm³/mol. The third kappa shape index (κ3) is 4.34. The molecule has 1 atom stereocenters. The molecule has 1 aromatic carbocycles. The van der Waals surface area contributed by atoms with Gasteiger partial charge in [-0.25, -0.2) is 0 Å². The van der Waals surface area contributed by atoms with Gasteiger partial charge in [0.15, 0.2) is 0 Å². The fourth-order valence-corrected chi connectivity index (χ4v) is 3.79. The SMILES string of the molecule is COc1ccc(-c2cccc(C3CCCN(Cc4ccncc4)C3)n2)cc1. The first-order valence-corrected chi connectivity index (χ1v) is 9.54. The van der Waals surface area contributed by atoms with Crippen molar-refractivity contribution in [2.24, 2.45) is 0 Å². The van der Waals surface area contributed by atoms with E-state index in [1.165, 1.54) is 24.1 Å². The van der Waals surface area contributed by atoms with Gasteiger partial charge in [0.25, 0.3) is 0 Å². The highest BCUT2D eigenvalue weighted by molar-refractivity contribution is 5.60. The van der Waals surface area contributed by atoms with Gasteiger partial charge in [0.05, 0.1) is 12.8 Å². The molecule has 1 fully saturated rings. The largest absolute Gasteiger partial charge is 0.497 e. The quantitative estimate of drug-likeness (QED) is 0.671. The summed E-state index contributed by atoms with van der Waals surface area (Å²) in [6.45, 7) is 3.19. The molecule has 0 spiro atoms. The van der Waals surface area contributed by atoms with Crippen LogP contribution in [0.2, 0.25) is 0 Å². The fourth-order valence-electron chi connectivity index (χ4n) is 3.79. The first-order chi connectivity index (χ1) is 13.3. The lowest BCUT2D eigenvalue weighted by molar-refractivity contribution is 0.198. The zero-order valence-electron chi connectivity index (χ0n) is 15.7. The number of benzene rings is 1. The molecule has 4 rings (SSSR count). The Labute approximate surface area is 160 Å². The third-order valence-corrected chi connectivity index (χ3v) is 5.24. The Morgan fingerprint density at radius 2 is 1.85 bits per heavy atom. The molecule has 1 unspecified atom stereocenters. The maximum absolute atomic E-state index is 5.25. The van der Waals surface area contributed by atoms with Crippen molar-refractivity contribution in [1.82, 2.24) is 14.9 Å². The molecule has 0 saturated carbocycles. The van der Waals surface area contributed by atoms with Gasteiger partial charge in [0.2, 0.25) is 0 Å². The minimum atomic E-state index is 0.485. The van der Waals surface area contributed by atoms with Gasteiger partial charge in [-0.2, -0.15) is 0 Å². The number of pyridine rings is 2. The highest BCUT2D eigenvalue weighted by Crippen LogP contribution is 2.29. The molecular formula is C23H25N3O. The van der Waals surface area contributed by atoms with Crippen LogP contribution in [0.4, 0.5) is 0 Å². The molecule has 0 amide bonds. The van der Waals surface area contributed by atoms with E-state index in [4.69, 9.17) is 9.72 Å². The average molecular weight is 359 g/mol. The minimum Gasteiger partial charge on any atom is -0.497 e. The monoisotopic (exact) mass is 359 g/mol. The topological polar surface area (TPSA) is 38.2 Å². The molecule has 1 aliphatic heterocycles. The molecule has 0 aliphatic carbocycles. The summed E-state index contributed by atoms with van der Waals surface area (Å²) in [7, 11) is 1.69. The number of aromatic nitrogens is 2. The Bertz CT molecular complexity index is 864. The van der Waals surface area contributed by atoms with Crippen LogP contribution in [0.25, 0.3) is 11.3 Å². The van der Waals surface area contributed by atoms with Gasteiger partial charge < -0.3 is 4.74 Å². The van der Waals surface area contributed by atoms with Gasteiger partial charge in [-0.1, -0.05) is 6.07 Å². The van der Waals surface area contributed by atoms with Gasteiger partial charge in [-0.15, -0.1) is 0 Å². The first-order valence-electron chi connectivity index (χ1n) is 9.54. The predicted octanol–water partition coefficient (Wildman–Crippen LogP) is 4.53. The standard InChI is InChI=1S/C23H25N3O/c1-27-21-9-7-19(8-10-21)22-5-2-6-23(25-22)20-4-3-15-26(17-20)16-18-11-13-24-14-12-18/h2,5-14,20H,3-4,15-17H2,1H3. The van der Waals surface area contributed by atoms with Crippen LogP contribution in [-0.2, 0) is 6.54 Å². The van der Waals surface area contributed by atoms with Crippen molar-refractivity contribution in [3.63, 3.8) is 0 Å². The summed E-state index contributed by atoms with van der Waals surface area (Å²) < 4.78 is 5.25. The molecule has 3 aromatic rings. The van der Waals surface area contributed by atoms with E-state index in [1.54, 1.807) is 7.11 Å². The van der Waals surface area contributed by atoms with E-state index in [1.807, 2.05) is 24.5 Å². The number of rotatable bonds is 5. The fraction of sp³-hybridized carbons (Fsp3) is 0.304. The molecule has 0 N–H and O–H groups in total. The van der Waals surface area contributed by atoms with Crippen LogP contribution < -0.4 is 4.74 Å². The number of nitrogens with zero attached hydrogens (tertiary/aromatic N) is 3. The van der Waals surface area contributed by atoms with Crippen LogP contribution in [0.5, 0.6) is 5.75 Å². The summed E-state index contributed by atoms with van der Waals surface area (Å²) >= 11 is 0. The summed E-state index contributed by atoms with van der Waals surface area (Å²) in [5, 5.41) is 0. The normalized spacial score (nSPS) is 17.6. The van der Waals surface area contributed by atoms with Crippen LogP contribution in [0.1, 0.15) is 30.0 Å². The van der Waals surface area contributed by atoms with E-state index in [-0.39, 0.29) is 0 Å². The summed E-state index contributed by atoms with van der Waals surface area (Å²) in [5.41, 5.74) is 4.68. The van der Waals surface area contributed by atoms with Gasteiger partial charge >= 0.3 is 0 Å². The van der Waals surface area contributed by atoms with E-state index in [0.717, 1.165) is 36.6 Å². The second-order valence-electron chi connectivity index (χ2n) is 7.11. The smallest absolute Gasteiger partial charge is 0.118 e. The van der Waals surface area contributed by atoms with E-state index >= 15 is 0 Å². The maximum Gasteiger partial charge on any atom is 0.118 e. The molecule has 138 valence electrons. The molecule has 1 saturated heterocycles. The molecule has 0 radical (unpaired) electrons. The van der Waals surface area contributed by atoms with E-state index in [0.29, 0.717) is 5.92 Å². The molecule has 1 aliphatic rings. The summed E-state index contributed by atoms with van der Waals surface area (Å²) in [6, 6.07) is 18.7. The number of methoxy groups -OCH3 is 1. The lowest BCUT2D eigenvalue weighted by atomic mass is 9.93. The Morgan fingerprint density at radius 1 is 1.04 bits per heavy atom. The van der Waals surface area contributed by atoms with Gasteiger partial charge in [0.1, 0.15) is 5.75 Å². The lowest BCUT2D eigenvalue weighted by Gasteiger charge is -2.32. The van der Waals surface area contributed by atoms with Crippen molar-refractivity contribution in [3.05, 3.63) is 78.2 Å². The zero-order chi connectivity index (χ0) is 18.5. The summed E-state index contributed by atoms with van der Waals surface area (Å²) in [6.07, 6.45) is 6.16. The van der Waals surface area contributed by atoms with Gasteiger partial charge in [-0.05, 0) is 73.5 Å². The third-order valence-electron chi connectivity index (χ3n) is 5.24. The Kier molecular flexibility index (Phi) is 5.45. The Hall–Kier alpha value is -2.72. The summed E-state index contributed by atoms with van der Waals surface area (Å²) in [4.78, 5) is 11.6. The molecular weight excluding hydrogens is 334 g/mol. The van der Waals surface area contributed by atoms with Crippen molar-refractivity contribution in [2.45, 2.75) is 25.3 Å². The highest BCUT2D eigenvalue weighted by atomic mass is 16.5. The second-order valence-corrected chi connectivity index (χ2v) is 7.11. The van der Waals surface area contributed by atoms with Crippen LogP contribution in [-0.4, -0.2) is 35.1 Å². The number of hydrogen-bond acceptors (Lipinski definition) is 4. The van der Waals surface area contributed by atoms with Crippen molar-refractivity contribution in [1.29, 1.82) is 0 Å². The number of hydrogen-bond donors (Lipinski definition) is 0. The van der Waals surface area contributed by atoms with Crippen molar-refractivity contribution in [2.75, 3.05) is 20.2 Å². The zero-order valence-corrected chi connectivity index (χ0v) is 15.7. The highest BCUT2D eigenvalue weighted by Gasteiger charge is 2.22. The Balaban J connectivity index is 1.49. The second kappa shape index (κ2) is 8.31. The van der Waals surface area contributed by atoms with Crippen LogP contribution in [0.3, 0.4) is 0 Å². The molecule has 4 heteroatoms. The lowest BCUT2D eigenvalue weighted by Crippen LogP contribution is -2.34. The van der Waals surface area contributed by atoms with Crippen molar-refractivity contribution < 1.29 is 4.74 Å². The Morgan fingerprint density at radius 3 is 2.63 bits per heavy atom. The van der Waals surface area contributed by atoms with Crippen molar-refractivity contribution >= 4 is 0 Å². The molecule has 2 aromatic heterocycles. The average Bonchev–Trinajstić information content (AvgIpc) is 2.75. The van der Waals surface area contributed by atoms with Crippen LogP contribution in [0.15, 0.2) is 67.0 Å². The number of piperidine rings is 1. The molecule has 27 heavy (non-hydrogen) atoms. The van der Waals surface area contributed by atoms with Crippen LogP contribution >= 0.6 is 0 Å². The maximum atomic E-state index is 5.25. The first kappa shape index (κ1) is 17.7. The van der Waals surface area contributed by atoms with E-state index < -0.39 is 0 Å². The van der Waals surface area contributed by atoms with E-state index in [9.17, 15) is 0 Å². The summed E-state index contributed by atoms with van der Waals surface area (Å²) in [5.74, 6) is 1.35. The molecule has 3 heterocycles. The van der Waals surface area contributed by atoms with Crippen molar-refractivity contribution in [3.8, 4) is 17.0 Å². The minimum absolute atomic E-state index is 0.485. The van der Waals surface area contributed by atoms with Crippen LogP contribution in [0, 0.1) is 0 Å². The van der Waals surface area contributed by atoms with Gasteiger partial charge in [-0.3, -0.25) is 14.9 Å². The number of likely N-dealkylation sites (tertiary alicyclic amines) is 1. The molecule has 0 bridgehead atoms. The molecule has 4 nitrogen and oxygen atoms in total. The number of ether oxygens (including phenoxy) is 1. The van der Waals surface area contributed by atoms with E-state index in [2.05, 4.69) is 52.3 Å². The van der Waals surface area contributed by atoms with Gasteiger partial charge in [0, 0.05) is 42.7 Å².